The van der Waals surface area contributed by atoms with Crippen LogP contribution in [0.1, 0.15) is 50.2 Å². The molecule has 2 amide bonds. The van der Waals surface area contributed by atoms with Gasteiger partial charge in [0.2, 0.25) is 21.8 Å². The summed E-state index contributed by atoms with van der Waals surface area (Å²) in [5.41, 5.74) is 2.02. The molecule has 2 aromatic rings. The predicted octanol–water partition coefficient (Wildman–Crippen LogP) is 4.93. The summed E-state index contributed by atoms with van der Waals surface area (Å²) in [5, 5.41) is 3.58. The highest BCUT2D eigenvalue weighted by Gasteiger charge is 2.31. The van der Waals surface area contributed by atoms with Crippen molar-refractivity contribution in [1.29, 1.82) is 0 Å². The van der Waals surface area contributed by atoms with Gasteiger partial charge in [-0.25, -0.2) is 8.42 Å². The number of benzene rings is 2. The Bertz CT molecular complexity index is 1180. The second-order valence-electron chi connectivity index (χ2n) is 9.36. The van der Waals surface area contributed by atoms with Gasteiger partial charge in [-0.3, -0.25) is 13.9 Å². The summed E-state index contributed by atoms with van der Waals surface area (Å²) in [7, 11) is -3.86. The molecule has 0 heterocycles. The van der Waals surface area contributed by atoms with Crippen molar-refractivity contribution in [2.75, 3.05) is 17.1 Å². The fourth-order valence-electron chi connectivity index (χ4n) is 4.42. The molecular weight excluding hydrogens is 521 g/mol. The Hall–Kier alpha value is -2.29. The summed E-state index contributed by atoms with van der Waals surface area (Å²) in [6, 6.07) is 11.2. The molecule has 0 unspecified atom stereocenters. The summed E-state index contributed by atoms with van der Waals surface area (Å²) in [5.74, 6) is -0.758. The number of carbonyl (C=O) groups excluding carboxylic acids is 2. The highest BCUT2D eigenvalue weighted by Crippen LogP contribution is 2.27. The number of rotatable bonds is 9. The third kappa shape index (κ3) is 7.60. The average Bonchev–Trinajstić information content (AvgIpc) is 2.80. The van der Waals surface area contributed by atoms with Gasteiger partial charge in [-0.2, -0.15) is 0 Å². The van der Waals surface area contributed by atoms with E-state index >= 15 is 0 Å². The van der Waals surface area contributed by atoms with Gasteiger partial charge in [-0.1, -0.05) is 66.7 Å². The number of halogens is 2. The lowest BCUT2D eigenvalue weighted by Gasteiger charge is -2.33. The summed E-state index contributed by atoms with van der Waals surface area (Å²) in [6.07, 6.45) is 6.14. The molecule has 196 valence electrons. The van der Waals surface area contributed by atoms with Gasteiger partial charge < -0.3 is 10.2 Å². The number of hydrogen-bond acceptors (Lipinski definition) is 4. The molecule has 36 heavy (non-hydrogen) atoms. The number of nitrogens with one attached hydrogen (secondary N) is 1. The Labute approximate surface area is 223 Å². The minimum atomic E-state index is -3.86. The first kappa shape index (κ1) is 28.3. The van der Waals surface area contributed by atoms with Crippen molar-refractivity contribution in [1.82, 2.24) is 10.2 Å². The van der Waals surface area contributed by atoms with E-state index in [1.807, 2.05) is 31.2 Å². The van der Waals surface area contributed by atoms with Crippen LogP contribution in [0.4, 0.5) is 5.69 Å². The van der Waals surface area contributed by atoms with Crippen LogP contribution in [0.3, 0.4) is 0 Å². The predicted molar refractivity (Wildman–Crippen MR) is 145 cm³/mol. The van der Waals surface area contributed by atoms with Crippen LogP contribution in [0.25, 0.3) is 0 Å². The molecular formula is C26H33Cl2N3O4S. The first-order valence-corrected chi connectivity index (χ1v) is 14.6. The van der Waals surface area contributed by atoms with Crippen LogP contribution in [-0.2, 0) is 26.2 Å². The van der Waals surface area contributed by atoms with E-state index in [1.165, 1.54) is 23.1 Å². The van der Waals surface area contributed by atoms with Gasteiger partial charge in [0.05, 0.1) is 11.9 Å². The third-order valence-electron chi connectivity index (χ3n) is 6.54. The average molecular weight is 555 g/mol. The molecule has 1 N–H and O–H groups in total. The van der Waals surface area contributed by atoms with Crippen molar-refractivity contribution in [2.24, 2.45) is 0 Å². The number of carbonyl (C=O) groups is 2. The fourth-order valence-corrected chi connectivity index (χ4v) is 5.77. The Morgan fingerprint density at radius 3 is 2.25 bits per heavy atom. The topological polar surface area (TPSA) is 86.8 Å². The van der Waals surface area contributed by atoms with E-state index in [0.29, 0.717) is 0 Å². The molecule has 1 atom stereocenters. The fraction of sp³-hybridized carbons (Fsp3) is 0.462. The van der Waals surface area contributed by atoms with Crippen LogP contribution in [0.15, 0.2) is 42.5 Å². The van der Waals surface area contributed by atoms with Crippen LogP contribution in [0.5, 0.6) is 0 Å². The lowest BCUT2D eigenvalue weighted by molar-refractivity contribution is -0.139. The zero-order chi connectivity index (χ0) is 26.5. The first-order chi connectivity index (χ1) is 17.0. The van der Waals surface area contributed by atoms with Crippen LogP contribution < -0.4 is 9.62 Å². The Balaban J connectivity index is 1.90. The van der Waals surface area contributed by atoms with E-state index < -0.39 is 28.5 Å². The number of sulfonamides is 1. The minimum Gasteiger partial charge on any atom is -0.352 e. The lowest BCUT2D eigenvalue weighted by atomic mass is 9.95. The molecule has 0 aromatic heterocycles. The highest BCUT2D eigenvalue weighted by molar-refractivity contribution is 7.92. The van der Waals surface area contributed by atoms with Crippen molar-refractivity contribution < 1.29 is 18.0 Å². The molecule has 1 aliphatic carbocycles. The lowest BCUT2D eigenvalue weighted by Crippen LogP contribution is -2.53. The van der Waals surface area contributed by atoms with Gasteiger partial charge in [0, 0.05) is 22.6 Å². The quantitative estimate of drug-likeness (QED) is 0.476. The van der Waals surface area contributed by atoms with Gasteiger partial charge in [-0.05, 0) is 56.0 Å². The first-order valence-electron chi connectivity index (χ1n) is 12.0. The number of amides is 2. The van der Waals surface area contributed by atoms with E-state index in [9.17, 15) is 18.0 Å². The van der Waals surface area contributed by atoms with E-state index in [1.54, 1.807) is 6.92 Å². The molecule has 0 radical (unpaired) electrons. The van der Waals surface area contributed by atoms with Gasteiger partial charge in [0.1, 0.15) is 12.6 Å². The molecule has 2 aromatic carbocycles. The van der Waals surface area contributed by atoms with Crippen LogP contribution in [0.2, 0.25) is 10.0 Å². The molecule has 0 bridgehead atoms. The number of aryl methyl sites for hydroxylation is 1. The van der Waals surface area contributed by atoms with Crippen molar-refractivity contribution in [3.05, 3.63) is 63.6 Å². The smallest absolute Gasteiger partial charge is 0.244 e. The summed E-state index contributed by atoms with van der Waals surface area (Å²) in [4.78, 5) is 28.3. The molecule has 3 rings (SSSR count). The van der Waals surface area contributed by atoms with Gasteiger partial charge >= 0.3 is 0 Å². The van der Waals surface area contributed by atoms with Crippen molar-refractivity contribution in [2.45, 2.75) is 64.6 Å². The maximum Gasteiger partial charge on any atom is 0.244 e. The van der Waals surface area contributed by atoms with Crippen LogP contribution in [-0.4, -0.2) is 50.0 Å². The molecule has 1 aliphatic rings. The van der Waals surface area contributed by atoms with Crippen LogP contribution in [0, 0.1) is 6.92 Å². The normalized spacial score (nSPS) is 15.2. The van der Waals surface area contributed by atoms with Crippen molar-refractivity contribution >= 4 is 50.7 Å². The summed E-state index contributed by atoms with van der Waals surface area (Å²) < 4.78 is 26.3. The SMILES string of the molecule is Cc1ccccc1CN(C(=O)CN(c1cc(Cl)cc(Cl)c1)S(C)(=O)=O)[C@H](C)C(=O)NC1CCCCC1. The second kappa shape index (κ2) is 12.3. The van der Waals surface area contributed by atoms with Crippen LogP contribution >= 0.6 is 23.2 Å². The van der Waals surface area contributed by atoms with E-state index in [0.717, 1.165) is 53.8 Å². The maximum atomic E-state index is 13.7. The molecule has 1 fully saturated rings. The molecule has 0 spiro atoms. The molecule has 0 saturated heterocycles. The second-order valence-corrected chi connectivity index (χ2v) is 12.1. The van der Waals surface area contributed by atoms with E-state index in [-0.39, 0.29) is 34.2 Å². The van der Waals surface area contributed by atoms with Gasteiger partial charge in [-0.15, -0.1) is 0 Å². The van der Waals surface area contributed by atoms with Crippen molar-refractivity contribution in [3.63, 3.8) is 0 Å². The zero-order valence-electron chi connectivity index (χ0n) is 20.8. The Morgan fingerprint density at radius 1 is 1.06 bits per heavy atom. The largest absolute Gasteiger partial charge is 0.352 e. The zero-order valence-corrected chi connectivity index (χ0v) is 23.2. The maximum absolute atomic E-state index is 13.7. The van der Waals surface area contributed by atoms with Crippen molar-refractivity contribution in [3.8, 4) is 0 Å². The monoisotopic (exact) mass is 553 g/mol. The highest BCUT2D eigenvalue weighted by atomic mass is 35.5. The molecule has 1 saturated carbocycles. The van der Waals surface area contributed by atoms with Gasteiger partial charge in [0.25, 0.3) is 0 Å². The number of hydrogen-bond donors (Lipinski definition) is 1. The Kier molecular flexibility index (Phi) is 9.66. The number of nitrogens with zero attached hydrogens (tertiary/aromatic N) is 2. The minimum absolute atomic E-state index is 0.0882. The van der Waals surface area contributed by atoms with Gasteiger partial charge in [0.15, 0.2) is 0 Å². The molecule has 7 nitrogen and oxygen atoms in total. The Morgan fingerprint density at radius 2 is 1.67 bits per heavy atom. The summed E-state index contributed by atoms with van der Waals surface area (Å²) in [6.45, 7) is 3.28. The van der Waals surface area contributed by atoms with E-state index in [4.69, 9.17) is 23.2 Å². The van der Waals surface area contributed by atoms with E-state index in [2.05, 4.69) is 5.32 Å². The standard InChI is InChI=1S/C26H33Cl2N3O4S/c1-18-9-7-8-10-20(18)16-30(19(2)26(33)29-23-11-5-4-6-12-23)25(32)17-31(36(3,34)35)24-14-21(27)13-22(28)15-24/h7-10,13-15,19,23H,4-6,11-12,16-17H2,1-3H3,(H,29,33)/t19-/m1/s1. The number of anilines is 1. The molecule has 10 heteroatoms. The summed E-state index contributed by atoms with van der Waals surface area (Å²) >= 11 is 12.2. The molecule has 0 aliphatic heterocycles. The third-order valence-corrected chi connectivity index (χ3v) is 8.11.